The van der Waals surface area contributed by atoms with Crippen LogP contribution in [0.5, 0.6) is 0 Å². The topological polar surface area (TPSA) is 108 Å². The number of likely N-dealkylation sites (tertiary alicyclic amines) is 1. The molecule has 140 valence electrons. The standard InChI is InChI=1S/C18H23N3O5/c1-18(16(24)19-17(25)20-18)14(23)12-7-9-21(10-8-12)15(26-11-22)13-5-3-2-4-6-13/h2-6,11-12,14-15,23H,7-10H2,1H3,(H2,19,20,24,25). The number of amides is 3. The van der Waals surface area contributed by atoms with Crippen LogP contribution in [0.15, 0.2) is 30.3 Å². The Kier molecular flexibility index (Phi) is 5.24. The summed E-state index contributed by atoms with van der Waals surface area (Å²) >= 11 is 0. The molecule has 0 aliphatic carbocycles. The molecular formula is C18H23N3O5. The Morgan fingerprint density at radius 3 is 2.46 bits per heavy atom. The van der Waals surface area contributed by atoms with Crippen LogP contribution in [-0.2, 0) is 14.3 Å². The molecule has 2 heterocycles. The first-order chi connectivity index (χ1) is 12.5. The van der Waals surface area contributed by atoms with Crippen LogP contribution in [-0.4, -0.2) is 53.1 Å². The molecule has 3 amide bonds. The maximum Gasteiger partial charge on any atom is 0.322 e. The average molecular weight is 361 g/mol. The quantitative estimate of drug-likeness (QED) is 0.504. The Labute approximate surface area is 151 Å². The summed E-state index contributed by atoms with van der Waals surface area (Å²) in [5.41, 5.74) is -0.435. The fourth-order valence-electron chi connectivity index (χ4n) is 3.75. The van der Waals surface area contributed by atoms with Gasteiger partial charge in [-0.1, -0.05) is 30.3 Å². The number of ether oxygens (including phenoxy) is 1. The van der Waals surface area contributed by atoms with E-state index in [-0.39, 0.29) is 5.92 Å². The second-order valence-corrected chi connectivity index (χ2v) is 6.92. The number of nitrogens with zero attached hydrogens (tertiary/aromatic N) is 1. The molecule has 1 aromatic rings. The van der Waals surface area contributed by atoms with Crippen molar-refractivity contribution in [2.45, 2.75) is 37.6 Å². The van der Waals surface area contributed by atoms with E-state index in [2.05, 4.69) is 10.6 Å². The van der Waals surface area contributed by atoms with Crippen LogP contribution < -0.4 is 10.6 Å². The third kappa shape index (κ3) is 3.42. The van der Waals surface area contributed by atoms with E-state index in [0.717, 1.165) is 5.56 Å². The monoisotopic (exact) mass is 361 g/mol. The molecule has 0 radical (unpaired) electrons. The van der Waals surface area contributed by atoms with E-state index >= 15 is 0 Å². The van der Waals surface area contributed by atoms with Gasteiger partial charge in [0.05, 0.1) is 6.10 Å². The first kappa shape index (κ1) is 18.3. The first-order valence-electron chi connectivity index (χ1n) is 8.65. The van der Waals surface area contributed by atoms with Crippen LogP contribution in [0.25, 0.3) is 0 Å². The number of carbonyl (C=O) groups excluding carboxylic acids is 3. The molecular weight excluding hydrogens is 338 g/mol. The summed E-state index contributed by atoms with van der Waals surface area (Å²) < 4.78 is 5.28. The van der Waals surface area contributed by atoms with Gasteiger partial charge in [0, 0.05) is 18.7 Å². The number of aliphatic hydroxyl groups excluding tert-OH is 1. The molecule has 2 saturated heterocycles. The summed E-state index contributed by atoms with van der Waals surface area (Å²) in [6.07, 6.45) is -0.230. The Bertz CT molecular complexity index is 675. The maximum atomic E-state index is 12.0. The van der Waals surface area contributed by atoms with Crippen LogP contribution in [0, 0.1) is 5.92 Å². The van der Waals surface area contributed by atoms with Crippen molar-refractivity contribution in [1.29, 1.82) is 0 Å². The van der Waals surface area contributed by atoms with Gasteiger partial charge in [0.25, 0.3) is 12.4 Å². The van der Waals surface area contributed by atoms with Crippen molar-refractivity contribution in [3.8, 4) is 0 Å². The number of urea groups is 1. The van der Waals surface area contributed by atoms with Crippen LogP contribution in [0.2, 0.25) is 0 Å². The summed E-state index contributed by atoms with van der Waals surface area (Å²) in [6, 6.07) is 8.87. The molecule has 3 atom stereocenters. The van der Waals surface area contributed by atoms with E-state index < -0.39 is 29.8 Å². The smallest absolute Gasteiger partial charge is 0.322 e. The average Bonchev–Trinajstić information content (AvgIpc) is 2.93. The highest BCUT2D eigenvalue weighted by Crippen LogP contribution is 2.32. The van der Waals surface area contributed by atoms with Gasteiger partial charge in [0.2, 0.25) is 0 Å². The van der Waals surface area contributed by atoms with Crippen LogP contribution in [0.4, 0.5) is 4.79 Å². The number of imide groups is 1. The minimum absolute atomic E-state index is 0.145. The second-order valence-electron chi connectivity index (χ2n) is 6.92. The van der Waals surface area contributed by atoms with Crippen molar-refractivity contribution in [3.05, 3.63) is 35.9 Å². The first-order valence-corrected chi connectivity index (χ1v) is 8.65. The highest BCUT2D eigenvalue weighted by molar-refractivity contribution is 6.07. The second kappa shape index (κ2) is 7.43. The van der Waals surface area contributed by atoms with E-state index in [4.69, 9.17) is 4.74 Å². The molecule has 0 saturated carbocycles. The molecule has 3 unspecified atom stereocenters. The van der Waals surface area contributed by atoms with Gasteiger partial charge in [0.15, 0.2) is 6.23 Å². The van der Waals surface area contributed by atoms with Crippen LogP contribution in [0.1, 0.15) is 31.6 Å². The number of hydrogen-bond acceptors (Lipinski definition) is 6. The van der Waals surface area contributed by atoms with Crippen molar-refractivity contribution in [2.75, 3.05) is 13.1 Å². The summed E-state index contributed by atoms with van der Waals surface area (Å²) in [4.78, 5) is 36.4. The number of aliphatic hydroxyl groups is 1. The highest BCUT2D eigenvalue weighted by atomic mass is 16.5. The van der Waals surface area contributed by atoms with Gasteiger partial charge in [0.1, 0.15) is 5.54 Å². The van der Waals surface area contributed by atoms with Gasteiger partial charge in [-0.25, -0.2) is 4.79 Å². The van der Waals surface area contributed by atoms with Gasteiger partial charge < -0.3 is 15.2 Å². The summed E-state index contributed by atoms with van der Waals surface area (Å²) in [5.74, 6) is -0.656. The molecule has 8 heteroatoms. The number of hydrogen-bond donors (Lipinski definition) is 3. The minimum atomic E-state index is -1.32. The lowest BCUT2D eigenvalue weighted by Crippen LogP contribution is -2.58. The van der Waals surface area contributed by atoms with E-state index in [1.54, 1.807) is 0 Å². The highest BCUT2D eigenvalue weighted by Gasteiger charge is 2.50. The molecule has 2 aliphatic rings. The van der Waals surface area contributed by atoms with Crippen LogP contribution >= 0.6 is 0 Å². The van der Waals surface area contributed by atoms with Crippen molar-refractivity contribution >= 4 is 18.4 Å². The lowest BCUT2D eigenvalue weighted by molar-refractivity contribution is -0.147. The summed E-state index contributed by atoms with van der Waals surface area (Å²) in [7, 11) is 0. The fraction of sp³-hybridized carbons (Fsp3) is 0.500. The Morgan fingerprint density at radius 1 is 1.27 bits per heavy atom. The zero-order valence-electron chi connectivity index (χ0n) is 14.6. The number of nitrogens with one attached hydrogen (secondary N) is 2. The maximum absolute atomic E-state index is 12.0. The predicted molar refractivity (Wildman–Crippen MR) is 91.7 cm³/mol. The Balaban J connectivity index is 1.65. The predicted octanol–water partition coefficient (Wildman–Crippen LogP) is 0.529. The largest absolute Gasteiger partial charge is 0.444 e. The van der Waals surface area contributed by atoms with Gasteiger partial charge in [-0.2, -0.15) is 0 Å². The van der Waals surface area contributed by atoms with E-state index in [0.29, 0.717) is 32.4 Å². The zero-order valence-corrected chi connectivity index (χ0v) is 14.6. The van der Waals surface area contributed by atoms with Crippen LogP contribution in [0.3, 0.4) is 0 Å². The molecule has 2 fully saturated rings. The minimum Gasteiger partial charge on any atom is -0.444 e. The van der Waals surface area contributed by atoms with Crippen molar-refractivity contribution in [3.63, 3.8) is 0 Å². The number of rotatable bonds is 6. The summed E-state index contributed by atoms with van der Waals surface area (Å²) in [5, 5.41) is 15.4. The number of carbonyl (C=O) groups is 3. The van der Waals surface area contributed by atoms with E-state index in [1.807, 2.05) is 35.2 Å². The van der Waals surface area contributed by atoms with Crippen molar-refractivity contribution < 1.29 is 24.2 Å². The molecule has 3 rings (SSSR count). The lowest BCUT2D eigenvalue weighted by Gasteiger charge is -2.40. The number of benzene rings is 1. The van der Waals surface area contributed by atoms with Gasteiger partial charge in [-0.05, 0) is 25.7 Å². The third-order valence-electron chi connectivity index (χ3n) is 5.29. The fourth-order valence-corrected chi connectivity index (χ4v) is 3.75. The van der Waals surface area contributed by atoms with Crippen molar-refractivity contribution in [1.82, 2.24) is 15.5 Å². The lowest BCUT2D eigenvalue weighted by atomic mass is 9.80. The molecule has 3 N–H and O–H groups in total. The molecule has 1 aromatic carbocycles. The molecule has 0 aromatic heterocycles. The molecule has 0 spiro atoms. The molecule has 0 bridgehead atoms. The normalized spacial score (nSPS) is 26.7. The van der Waals surface area contributed by atoms with Gasteiger partial charge >= 0.3 is 6.03 Å². The molecule has 8 nitrogen and oxygen atoms in total. The Morgan fingerprint density at radius 2 is 1.92 bits per heavy atom. The molecule has 2 aliphatic heterocycles. The van der Waals surface area contributed by atoms with Crippen molar-refractivity contribution in [2.24, 2.45) is 5.92 Å². The van der Waals surface area contributed by atoms with Gasteiger partial charge in [-0.15, -0.1) is 0 Å². The molecule has 26 heavy (non-hydrogen) atoms. The van der Waals surface area contributed by atoms with Gasteiger partial charge in [-0.3, -0.25) is 19.8 Å². The third-order valence-corrected chi connectivity index (χ3v) is 5.29. The van der Waals surface area contributed by atoms with E-state index in [9.17, 15) is 19.5 Å². The zero-order chi connectivity index (χ0) is 18.7. The number of piperidine rings is 1. The SMILES string of the molecule is CC1(C(O)C2CCN(C(OC=O)c3ccccc3)CC2)NC(=O)NC1=O. The van der Waals surface area contributed by atoms with E-state index in [1.165, 1.54) is 6.92 Å². The Hall–Kier alpha value is -2.45. The summed E-state index contributed by atoms with van der Waals surface area (Å²) in [6.45, 7) is 3.17.